The maximum Gasteiger partial charge on any atom is 0.256 e. The van der Waals surface area contributed by atoms with Crippen LogP contribution in [0, 0.1) is 11.3 Å². The van der Waals surface area contributed by atoms with E-state index in [4.69, 9.17) is 5.26 Å². The van der Waals surface area contributed by atoms with Gasteiger partial charge in [-0.3, -0.25) is 4.79 Å². The quantitative estimate of drug-likeness (QED) is 0.554. The Morgan fingerprint density at radius 1 is 1.19 bits per heavy atom. The van der Waals surface area contributed by atoms with Gasteiger partial charge in [-0.15, -0.1) is 0 Å². The molecule has 1 heterocycles. The van der Waals surface area contributed by atoms with Gasteiger partial charge in [0.25, 0.3) is 5.91 Å². The Morgan fingerprint density at radius 3 is 2.70 bits per heavy atom. The number of halogens is 1. The van der Waals surface area contributed by atoms with Crippen molar-refractivity contribution in [3.05, 3.63) is 88.0 Å². The number of carbonyl (C=O) groups excluding carboxylic acids is 1. The van der Waals surface area contributed by atoms with Crippen LogP contribution in [0.5, 0.6) is 0 Å². The second kappa shape index (κ2) is 8.85. The minimum atomic E-state index is -0.106. The SMILES string of the molecule is CN(Cc1cccc(C#N)c1)C(=O)c1cccnc1Sc1ccc(Br)cc1. The molecule has 0 aliphatic heterocycles. The smallest absolute Gasteiger partial charge is 0.256 e. The lowest BCUT2D eigenvalue weighted by atomic mass is 10.1. The molecule has 134 valence electrons. The molecule has 0 aliphatic rings. The van der Waals surface area contributed by atoms with Crippen molar-refractivity contribution in [2.45, 2.75) is 16.5 Å². The zero-order valence-corrected chi connectivity index (χ0v) is 17.0. The van der Waals surface area contributed by atoms with Crippen molar-refractivity contribution < 1.29 is 4.79 Å². The van der Waals surface area contributed by atoms with Gasteiger partial charge < -0.3 is 4.90 Å². The minimum absolute atomic E-state index is 0.106. The third-order valence-electron chi connectivity index (χ3n) is 3.85. The lowest BCUT2D eigenvalue weighted by molar-refractivity contribution is 0.0781. The van der Waals surface area contributed by atoms with Crippen molar-refractivity contribution in [2.75, 3.05) is 7.05 Å². The largest absolute Gasteiger partial charge is 0.337 e. The maximum absolute atomic E-state index is 13.0. The topological polar surface area (TPSA) is 57.0 Å². The van der Waals surface area contributed by atoms with E-state index in [0.717, 1.165) is 14.9 Å². The highest BCUT2D eigenvalue weighted by Gasteiger charge is 2.17. The van der Waals surface area contributed by atoms with Crippen LogP contribution in [0.3, 0.4) is 0 Å². The van der Waals surface area contributed by atoms with Crippen LogP contribution in [-0.4, -0.2) is 22.8 Å². The Labute approximate surface area is 171 Å². The average Bonchev–Trinajstić information content (AvgIpc) is 2.69. The number of hydrogen-bond donors (Lipinski definition) is 0. The van der Waals surface area contributed by atoms with E-state index in [2.05, 4.69) is 27.0 Å². The van der Waals surface area contributed by atoms with Crippen molar-refractivity contribution in [3.63, 3.8) is 0 Å². The van der Waals surface area contributed by atoms with Crippen LogP contribution in [0.15, 0.2) is 81.3 Å². The Balaban J connectivity index is 1.79. The number of carbonyl (C=O) groups is 1. The molecule has 1 amide bonds. The number of pyridine rings is 1. The van der Waals surface area contributed by atoms with Gasteiger partial charge in [-0.2, -0.15) is 5.26 Å². The number of aromatic nitrogens is 1. The van der Waals surface area contributed by atoms with E-state index in [1.54, 1.807) is 42.4 Å². The molecule has 3 aromatic rings. The first-order chi connectivity index (χ1) is 13.1. The Morgan fingerprint density at radius 2 is 1.96 bits per heavy atom. The van der Waals surface area contributed by atoms with E-state index >= 15 is 0 Å². The molecule has 4 nitrogen and oxygen atoms in total. The molecule has 0 atom stereocenters. The van der Waals surface area contributed by atoms with Gasteiger partial charge in [0.1, 0.15) is 5.03 Å². The van der Waals surface area contributed by atoms with Gasteiger partial charge in [0.15, 0.2) is 0 Å². The summed E-state index contributed by atoms with van der Waals surface area (Å²) < 4.78 is 1.00. The van der Waals surface area contributed by atoms with E-state index in [9.17, 15) is 4.79 Å². The molecule has 2 aromatic carbocycles. The fraction of sp³-hybridized carbons (Fsp3) is 0.0952. The second-order valence-electron chi connectivity index (χ2n) is 5.89. The molecule has 0 aliphatic carbocycles. The predicted octanol–water partition coefficient (Wildman–Crippen LogP) is 5.14. The van der Waals surface area contributed by atoms with Gasteiger partial charge in [-0.25, -0.2) is 4.98 Å². The van der Waals surface area contributed by atoms with Crippen LogP contribution < -0.4 is 0 Å². The molecule has 0 radical (unpaired) electrons. The van der Waals surface area contributed by atoms with Gasteiger partial charge in [0, 0.05) is 29.2 Å². The van der Waals surface area contributed by atoms with Crippen LogP contribution in [-0.2, 0) is 6.54 Å². The first kappa shape index (κ1) is 19.2. The highest BCUT2D eigenvalue weighted by Crippen LogP contribution is 2.30. The monoisotopic (exact) mass is 437 g/mol. The summed E-state index contributed by atoms with van der Waals surface area (Å²) in [6, 6.07) is 20.8. The molecular formula is C21H16BrN3OS. The number of rotatable bonds is 5. The Kier molecular flexibility index (Phi) is 6.28. The zero-order valence-electron chi connectivity index (χ0n) is 14.6. The second-order valence-corrected chi connectivity index (χ2v) is 7.86. The van der Waals surface area contributed by atoms with Crippen molar-refractivity contribution in [1.29, 1.82) is 5.26 Å². The average molecular weight is 438 g/mol. The minimum Gasteiger partial charge on any atom is -0.337 e. The Hall–Kier alpha value is -2.62. The van der Waals surface area contributed by atoms with Crippen LogP contribution in [0.2, 0.25) is 0 Å². The van der Waals surface area contributed by atoms with Crippen molar-refractivity contribution in [2.24, 2.45) is 0 Å². The molecule has 0 fully saturated rings. The van der Waals surface area contributed by atoms with Crippen LogP contribution in [0.25, 0.3) is 0 Å². The first-order valence-corrected chi connectivity index (χ1v) is 9.80. The molecule has 0 bridgehead atoms. The van der Waals surface area contributed by atoms with Crippen molar-refractivity contribution >= 4 is 33.6 Å². The van der Waals surface area contributed by atoms with Gasteiger partial charge in [0.2, 0.25) is 0 Å². The number of nitriles is 1. The van der Waals surface area contributed by atoms with Gasteiger partial charge in [-0.1, -0.05) is 39.8 Å². The summed E-state index contributed by atoms with van der Waals surface area (Å²) in [6.07, 6.45) is 1.69. The van der Waals surface area contributed by atoms with Crippen LogP contribution in [0.4, 0.5) is 0 Å². The molecule has 6 heteroatoms. The van der Waals surface area contributed by atoms with Crippen molar-refractivity contribution in [1.82, 2.24) is 9.88 Å². The number of hydrogen-bond acceptors (Lipinski definition) is 4. The summed E-state index contributed by atoms with van der Waals surface area (Å²) in [5, 5.41) is 9.70. The molecule has 0 saturated carbocycles. The Bertz CT molecular complexity index is 999. The first-order valence-electron chi connectivity index (χ1n) is 8.20. The lowest BCUT2D eigenvalue weighted by Crippen LogP contribution is -2.26. The maximum atomic E-state index is 13.0. The molecule has 0 saturated heterocycles. The fourth-order valence-corrected chi connectivity index (χ4v) is 3.68. The third-order valence-corrected chi connectivity index (χ3v) is 5.41. The van der Waals surface area contributed by atoms with Gasteiger partial charge in [0.05, 0.1) is 17.2 Å². The van der Waals surface area contributed by atoms with E-state index in [0.29, 0.717) is 22.7 Å². The number of benzene rings is 2. The molecular weight excluding hydrogens is 422 g/mol. The molecule has 0 unspecified atom stereocenters. The van der Waals surface area contributed by atoms with Gasteiger partial charge >= 0.3 is 0 Å². The van der Waals surface area contributed by atoms with E-state index < -0.39 is 0 Å². The lowest BCUT2D eigenvalue weighted by Gasteiger charge is -2.18. The summed E-state index contributed by atoms with van der Waals surface area (Å²) in [7, 11) is 1.75. The van der Waals surface area contributed by atoms with E-state index in [1.807, 2.05) is 36.4 Å². The third kappa shape index (κ3) is 4.97. The number of amides is 1. The van der Waals surface area contributed by atoms with Crippen molar-refractivity contribution in [3.8, 4) is 6.07 Å². The molecule has 3 rings (SSSR count). The standard InChI is InChI=1S/C21H16BrN3OS/c1-25(14-16-5-2-4-15(12-16)13-23)21(26)19-6-3-11-24-20(19)27-18-9-7-17(22)8-10-18/h2-12H,14H2,1H3. The molecule has 0 spiro atoms. The summed E-state index contributed by atoms with van der Waals surface area (Å²) >= 11 is 4.88. The predicted molar refractivity (Wildman–Crippen MR) is 109 cm³/mol. The number of nitrogens with zero attached hydrogens (tertiary/aromatic N) is 3. The van der Waals surface area contributed by atoms with E-state index in [1.165, 1.54) is 11.8 Å². The molecule has 1 aromatic heterocycles. The molecule has 0 N–H and O–H groups in total. The highest BCUT2D eigenvalue weighted by atomic mass is 79.9. The summed E-state index contributed by atoms with van der Waals surface area (Å²) in [4.78, 5) is 20.0. The van der Waals surface area contributed by atoms with Crippen LogP contribution >= 0.6 is 27.7 Å². The zero-order chi connectivity index (χ0) is 19.2. The van der Waals surface area contributed by atoms with E-state index in [-0.39, 0.29) is 5.91 Å². The highest BCUT2D eigenvalue weighted by molar-refractivity contribution is 9.10. The fourth-order valence-electron chi connectivity index (χ4n) is 2.54. The summed E-state index contributed by atoms with van der Waals surface area (Å²) in [5.41, 5.74) is 2.06. The normalized spacial score (nSPS) is 10.3. The van der Waals surface area contributed by atoms with Gasteiger partial charge in [-0.05, 0) is 54.1 Å². The van der Waals surface area contributed by atoms with Crippen LogP contribution in [0.1, 0.15) is 21.5 Å². The molecule has 27 heavy (non-hydrogen) atoms. The summed E-state index contributed by atoms with van der Waals surface area (Å²) in [6.45, 7) is 0.422. The summed E-state index contributed by atoms with van der Waals surface area (Å²) in [5.74, 6) is -0.106.